The minimum atomic E-state index is 0.245. The minimum absolute atomic E-state index is 0.245. The van der Waals surface area contributed by atoms with Crippen LogP contribution < -0.4 is 9.64 Å². The fraction of sp³-hybridized carbons (Fsp3) is 0.333. The van der Waals surface area contributed by atoms with Gasteiger partial charge in [0.1, 0.15) is 0 Å². The van der Waals surface area contributed by atoms with Crippen molar-refractivity contribution in [3.8, 4) is 11.5 Å². The third-order valence-corrected chi connectivity index (χ3v) is 4.51. The molecule has 1 heterocycles. The van der Waals surface area contributed by atoms with Crippen LogP contribution in [0, 0.1) is 0 Å². The molecule has 0 atom stereocenters. The molecule has 1 saturated heterocycles. The molecule has 0 unspecified atom stereocenters. The highest BCUT2D eigenvalue weighted by molar-refractivity contribution is 6.30. The molecule has 0 spiro atoms. The maximum absolute atomic E-state index is 10.2. The lowest BCUT2D eigenvalue weighted by Gasteiger charge is -2.36. The Hall–Kier alpha value is -1.91. The summed E-state index contributed by atoms with van der Waals surface area (Å²) in [6, 6.07) is 13.6. The summed E-state index contributed by atoms with van der Waals surface area (Å²) >= 11 is 5.94. The molecule has 0 aliphatic carbocycles. The molecule has 0 bridgehead atoms. The van der Waals surface area contributed by atoms with E-state index in [1.54, 1.807) is 13.2 Å². The van der Waals surface area contributed by atoms with Crippen LogP contribution in [0.3, 0.4) is 0 Å². The molecule has 0 aromatic heterocycles. The molecular formula is C18H21ClN2O2. The number of phenolic OH excluding ortho intramolecular Hbond substituents is 1. The Morgan fingerprint density at radius 1 is 1.04 bits per heavy atom. The Morgan fingerprint density at radius 2 is 1.74 bits per heavy atom. The van der Waals surface area contributed by atoms with Crippen molar-refractivity contribution in [2.75, 3.05) is 38.2 Å². The van der Waals surface area contributed by atoms with Crippen LogP contribution in [0.5, 0.6) is 11.5 Å². The van der Waals surface area contributed by atoms with Gasteiger partial charge in [0.15, 0.2) is 11.5 Å². The molecule has 1 aliphatic rings. The number of para-hydroxylation sites is 1. The number of anilines is 1. The number of rotatable bonds is 4. The van der Waals surface area contributed by atoms with Crippen LogP contribution in [-0.4, -0.2) is 43.3 Å². The van der Waals surface area contributed by atoms with Crippen molar-refractivity contribution in [2.45, 2.75) is 6.54 Å². The molecule has 122 valence electrons. The summed E-state index contributed by atoms with van der Waals surface area (Å²) in [6.45, 7) is 4.58. The van der Waals surface area contributed by atoms with Gasteiger partial charge in [-0.2, -0.15) is 0 Å². The highest BCUT2D eigenvalue weighted by Gasteiger charge is 2.19. The summed E-state index contributed by atoms with van der Waals surface area (Å²) in [5.74, 6) is 0.775. The van der Waals surface area contributed by atoms with Crippen LogP contribution >= 0.6 is 11.6 Å². The predicted octanol–water partition coefficient (Wildman–Crippen LogP) is 3.38. The number of hydrogen-bond donors (Lipinski definition) is 1. The monoisotopic (exact) mass is 332 g/mol. The van der Waals surface area contributed by atoms with Crippen molar-refractivity contribution in [1.29, 1.82) is 0 Å². The normalized spacial score (nSPS) is 15.7. The van der Waals surface area contributed by atoms with Crippen LogP contribution in [0.25, 0.3) is 0 Å². The molecule has 23 heavy (non-hydrogen) atoms. The zero-order valence-corrected chi connectivity index (χ0v) is 14.0. The van der Waals surface area contributed by atoms with Gasteiger partial charge >= 0.3 is 0 Å². The van der Waals surface area contributed by atoms with E-state index in [1.807, 2.05) is 24.3 Å². The molecule has 0 saturated carbocycles. The number of aromatic hydroxyl groups is 1. The van der Waals surface area contributed by atoms with E-state index < -0.39 is 0 Å². The summed E-state index contributed by atoms with van der Waals surface area (Å²) in [5, 5.41) is 11.0. The van der Waals surface area contributed by atoms with Crippen LogP contribution in [0.4, 0.5) is 5.69 Å². The summed E-state index contributed by atoms with van der Waals surface area (Å²) < 4.78 is 5.17. The minimum Gasteiger partial charge on any atom is -0.504 e. The number of phenols is 1. The average Bonchev–Trinajstić information content (AvgIpc) is 2.58. The van der Waals surface area contributed by atoms with Gasteiger partial charge in [-0.1, -0.05) is 23.7 Å². The van der Waals surface area contributed by atoms with Gasteiger partial charge in [0.2, 0.25) is 0 Å². The Labute approximate surface area is 141 Å². The van der Waals surface area contributed by atoms with E-state index in [0.717, 1.165) is 43.3 Å². The Balaban J connectivity index is 1.60. The summed E-state index contributed by atoms with van der Waals surface area (Å²) in [5.41, 5.74) is 2.11. The SMILES string of the molecule is COc1cccc(CN2CCN(c3ccc(Cl)cc3)CC2)c1O. The smallest absolute Gasteiger partial charge is 0.162 e. The molecule has 2 aromatic carbocycles. The van der Waals surface area contributed by atoms with Crippen molar-refractivity contribution in [3.63, 3.8) is 0 Å². The van der Waals surface area contributed by atoms with Crippen molar-refractivity contribution in [2.24, 2.45) is 0 Å². The number of benzene rings is 2. The zero-order chi connectivity index (χ0) is 16.2. The summed E-state index contributed by atoms with van der Waals surface area (Å²) in [7, 11) is 1.57. The summed E-state index contributed by atoms with van der Waals surface area (Å²) in [4.78, 5) is 4.71. The first-order chi connectivity index (χ1) is 11.2. The van der Waals surface area contributed by atoms with E-state index in [0.29, 0.717) is 5.75 Å². The first-order valence-electron chi connectivity index (χ1n) is 7.75. The fourth-order valence-corrected chi connectivity index (χ4v) is 3.04. The summed E-state index contributed by atoms with van der Waals surface area (Å²) in [6.07, 6.45) is 0. The number of hydrogen-bond acceptors (Lipinski definition) is 4. The molecule has 1 N–H and O–H groups in total. The van der Waals surface area contributed by atoms with Crippen LogP contribution in [0.2, 0.25) is 5.02 Å². The third kappa shape index (κ3) is 3.71. The zero-order valence-electron chi connectivity index (χ0n) is 13.2. The van der Waals surface area contributed by atoms with E-state index in [9.17, 15) is 5.11 Å². The largest absolute Gasteiger partial charge is 0.504 e. The average molecular weight is 333 g/mol. The molecule has 2 aromatic rings. The molecule has 3 rings (SSSR count). The molecule has 4 nitrogen and oxygen atoms in total. The topological polar surface area (TPSA) is 35.9 Å². The quantitative estimate of drug-likeness (QED) is 0.931. The second-order valence-electron chi connectivity index (χ2n) is 5.71. The number of piperazine rings is 1. The van der Waals surface area contributed by atoms with E-state index in [4.69, 9.17) is 16.3 Å². The Morgan fingerprint density at radius 3 is 2.39 bits per heavy atom. The van der Waals surface area contributed by atoms with E-state index in [1.165, 1.54) is 5.69 Å². The molecule has 5 heteroatoms. The number of nitrogens with zero attached hydrogens (tertiary/aromatic N) is 2. The molecular weight excluding hydrogens is 312 g/mol. The maximum Gasteiger partial charge on any atom is 0.162 e. The number of methoxy groups -OCH3 is 1. The molecule has 0 radical (unpaired) electrons. The van der Waals surface area contributed by atoms with Crippen LogP contribution in [0.1, 0.15) is 5.56 Å². The van der Waals surface area contributed by atoms with E-state index in [-0.39, 0.29) is 5.75 Å². The number of halogens is 1. The standard InChI is InChI=1S/C18H21ClN2O2/c1-23-17-4-2-3-14(18(17)22)13-20-9-11-21(12-10-20)16-7-5-15(19)6-8-16/h2-8,22H,9-13H2,1H3. The lowest BCUT2D eigenvalue weighted by molar-refractivity contribution is 0.245. The van der Waals surface area contributed by atoms with Crippen molar-refractivity contribution >= 4 is 17.3 Å². The van der Waals surface area contributed by atoms with Gasteiger partial charge in [0.25, 0.3) is 0 Å². The van der Waals surface area contributed by atoms with E-state index in [2.05, 4.69) is 21.9 Å². The van der Waals surface area contributed by atoms with Crippen molar-refractivity contribution in [1.82, 2.24) is 4.90 Å². The van der Waals surface area contributed by atoms with Crippen molar-refractivity contribution < 1.29 is 9.84 Å². The van der Waals surface area contributed by atoms with Gasteiger partial charge in [-0.15, -0.1) is 0 Å². The van der Waals surface area contributed by atoms with Gasteiger partial charge < -0.3 is 14.7 Å². The second-order valence-corrected chi connectivity index (χ2v) is 6.14. The lowest BCUT2D eigenvalue weighted by Crippen LogP contribution is -2.45. The lowest BCUT2D eigenvalue weighted by atomic mass is 10.1. The molecule has 1 fully saturated rings. The first kappa shape index (κ1) is 16.0. The van der Waals surface area contributed by atoms with Gasteiger partial charge in [-0.3, -0.25) is 4.90 Å². The van der Waals surface area contributed by atoms with E-state index >= 15 is 0 Å². The fourth-order valence-electron chi connectivity index (χ4n) is 2.92. The molecule has 1 aliphatic heterocycles. The second kappa shape index (κ2) is 7.11. The predicted molar refractivity (Wildman–Crippen MR) is 93.6 cm³/mol. The Bertz CT molecular complexity index is 653. The van der Waals surface area contributed by atoms with Crippen LogP contribution in [0.15, 0.2) is 42.5 Å². The highest BCUT2D eigenvalue weighted by atomic mass is 35.5. The number of ether oxygens (including phenoxy) is 1. The maximum atomic E-state index is 10.2. The first-order valence-corrected chi connectivity index (χ1v) is 8.13. The highest BCUT2D eigenvalue weighted by Crippen LogP contribution is 2.30. The molecule has 0 amide bonds. The van der Waals surface area contributed by atoms with Gasteiger partial charge in [0.05, 0.1) is 7.11 Å². The van der Waals surface area contributed by atoms with Gasteiger partial charge in [0, 0.05) is 49.0 Å². The van der Waals surface area contributed by atoms with Crippen LogP contribution in [-0.2, 0) is 6.54 Å². The van der Waals surface area contributed by atoms with Gasteiger partial charge in [-0.05, 0) is 30.3 Å². The Kier molecular flexibility index (Phi) is 4.94. The van der Waals surface area contributed by atoms with Crippen molar-refractivity contribution in [3.05, 3.63) is 53.1 Å². The third-order valence-electron chi connectivity index (χ3n) is 4.26. The van der Waals surface area contributed by atoms with Gasteiger partial charge in [-0.25, -0.2) is 0 Å².